The summed E-state index contributed by atoms with van der Waals surface area (Å²) in [6.45, 7) is 4.36. The molecule has 0 saturated heterocycles. The van der Waals surface area contributed by atoms with Gasteiger partial charge in [-0.3, -0.25) is 4.98 Å². The monoisotopic (exact) mass is 289 g/mol. The predicted octanol–water partition coefficient (Wildman–Crippen LogP) is 4.27. The number of benzene rings is 1. The molecule has 0 spiro atoms. The molecule has 0 unspecified atom stereocenters. The van der Waals surface area contributed by atoms with Crippen molar-refractivity contribution in [1.29, 1.82) is 0 Å². The van der Waals surface area contributed by atoms with E-state index in [4.69, 9.17) is 9.47 Å². The summed E-state index contributed by atoms with van der Waals surface area (Å²) in [6.07, 6.45) is 1.84. The maximum Gasteiger partial charge on any atom is 0.131 e. The van der Waals surface area contributed by atoms with Crippen molar-refractivity contribution in [2.45, 2.75) is 24.0 Å². The lowest BCUT2D eigenvalue weighted by Crippen LogP contribution is -1.93. The van der Waals surface area contributed by atoms with Crippen LogP contribution in [-0.4, -0.2) is 24.5 Å². The van der Waals surface area contributed by atoms with E-state index in [0.717, 1.165) is 22.8 Å². The molecule has 2 aromatic rings. The zero-order valence-corrected chi connectivity index (χ0v) is 13.0. The number of rotatable bonds is 5. The molecule has 20 heavy (non-hydrogen) atoms. The third-order valence-electron chi connectivity index (χ3n) is 2.79. The number of aromatic nitrogens is 1. The maximum atomic E-state index is 5.44. The Morgan fingerprint density at radius 3 is 2.50 bits per heavy atom. The van der Waals surface area contributed by atoms with Gasteiger partial charge in [0.25, 0.3) is 0 Å². The molecule has 1 heterocycles. The molecule has 1 aromatic carbocycles. The predicted molar refractivity (Wildman–Crippen MR) is 83.8 cm³/mol. The number of methoxy groups -OCH3 is 2. The van der Waals surface area contributed by atoms with Crippen LogP contribution in [0.1, 0.15) is 13.8 Å². The number of hydrogen-bond acceptors (Lipinski definition) is 4. The van der Waals surface area contributed by atoms with Gasteiger partial charge in [-0.05, 0) is 24.3 Å². The van der Waals surface area contributed by atoms with E-state index in [1.807, 2.05) is 42.2 Å². The van der Waals surface area contributed by atoms with Crippen molar-refractivity contribution in [3.63, 3.8) is 0 Å². The molecule has 0 aliphatic rings. The first-order valence-corrected chi connectivity index (χ1v) is 7.37. The molecule has 2 rings (SSSR count). The zero-order chi connectivity index (χ0) is 14.5. The normalized spacial score (nSPS) is 10.7. The Kier molecular flexibility index (Phi) is 4.90. The second kappa shape index (κ2) is 6.66. The smallest absolute Gasteiger partial charge is 0.131 e. The number of pyridine rings is 1. The van der Waals surface area contributed by atoms with Crippen LogP contribution in [0.3, 0.4) is 0 Å². The number of thioether (sulfide) groups is 1. The maximum absolute atomic E-state index is 5.44. The van der Waals surface area contributed by atoms with E-state index in [1.165, 1.54) is 4.90 Å². The number of hydrogen-bond donors (Lipinski definition) is 0. The Morgan fingerprint density at radius 1 is 1.05 bits per heavy atom. The van der Waals surface area contributed by atoms with Gasteiger partial charge in [-0.2, -0.15) is 0 Å². The molecule has 0 bridgehead atoms. The van der Waals surface area contributed by atoms with E-state index in [1.54, 1.807) is 14.2 Å². The van der Waals surface area contributed by atoms with Crippen molar-refractivity contribution >= 4 is 11.8 Å². The lowest BCUT2D eigenvalue weighted by Gasteiger charge is -2.11. The van der Waals surface area contributed by atoms with Crippen molar-refractivity contribution in [1.82, 2.24) is 4.98 Å². The van der Waals surface area contributed by atoms with Gasteiger partial charge in [0, 0.05) is 28.0 Å². The van der Waals surface area contributed by atoms with Gasteiger partial charge >= 0.3 is 0 Å². The van der Waals surface area contributed by atoms with Gasteiger partial charge in [-0.1, -0.05) is 13.8 Å². The topological polar surface area (TPSA) is 31.4 Å². The van der Waals surface area contributed by atoms with Gasteiger partial charge in [0.2, 0.25) is 0 Å². The van der Waals surface area contributed by atoms with Gasteiger partial charge in [0.15, 0.2) is 0 Å². The average molecular weight is 289 g/mol. The van der Waals surface area contributed by atoms with Crippen LogP contribution in [0.4, 0.5) is 0 Å². The summed E-state index contributed by atoms with van der Waals surface area (Å²) in [7, 11) is 3.30. The third-order valence-corrected chi connectivity index (χ3v) is 3.79. The highest BCUT2D eigenvalue weighted by Crippen LogP contribution is 2.34. The molecular weight excluding hydrogens is 270 g/mol. The minimum atomic E-state index is 0.544. The second-order valence-electron chi connectivity index (χ2n) is 4.61. The highest BCUT2D eigenvalue weighted by atomic mass is 32.2. The van der Waals surface area contributed by atoms with Crippen molar-refractivity contribution in [3.05, 3.63) is 36.5 Å². The first-order chi connectivity index (χ1) is 9.63. The Labute approximate surface area is 124 Å². The van der Waals surface area contributed by atoms with Crippen LogP contribution in [0.15, 0.2) is 41.4 Å². The SMILES string of the molecule is COc1ccc(-c2cc(SC(C)C)ccn2)c(OC)c1. The van der Waals surface area contributed by atoms with Crippen molar-refractivity contribution in [2.75, 3.05) is 14.2 Å². The molecule has 0 aliphatic carbocycles. The van der Waals surface area contributed by atoms with Crippen LogP contribution in [0.5, 0.6) is 11.5 Å². The van der Waals surface area contributed by atoms with E-state index in [0.29, 0.717) is 5.25 Å². The summed E-state index contributed by atoms with van der Waals surface area (Å²) >= 11 is 1.82. The fourth-order valence-corrected chi connectivity index (χ4v) is 2.78. The fourth-order valence-electron chi connectivity index (χ4n) is 1.91. The van der Waals surface area contributed by atoms with Crippen molar-refractivity contribution in [2.24, 2.45) is 0 Å². The number of nitrogens with zero attached hydrogens (tertiary/aromatic N) is 1. The molecule has 0 saturated carbocycles. The van der Waals surface area contributed by atoms with Crippen LogP contribution in [-0.2, 0) is 0 Å². The molecule has 0 N–H and O–H groups in total. The summed E-state index contributed by atoms with van der Waals surface area (Å²) in [5.41, 5.74) is 1.88. The van der Waals surface area contributed by atoms with Crippen LogP contribution >= 0.6 is 11.8 Å². The first-order valence-electron chi connectivity index (χ1n) is 6.49. The molecule has 0 atom stereocenters. The molecule has 3 nitrogen and oxygen atoms in total. The van der Waals surface area contributed by atoms with E-state index in [9.17, 15) is 0 Å². The molecule has 1 aromatic heterocycles. The molecule has 0 fully saturated rings. The van der Waals surface area contributed by atoms with Crippen LogP contribution in [0, 0.1) is 0 Å². The summed E-state index contributed by atoms with van der Waals surface area (Å²) < 4.78 is 10.7. The van der Waals surface area contributed by atoms with Crippen LogP contribution < -0.4 is 9.47 Å². The Morgan fingerprint density at radius 2 is 1.85 bits per heavy atom. The van der Waals surface area contributed by atoms with E-state index < -0.39 is 0 Å². The van der Waals surface area contributed by atoms with E-state index >= 15 is 0 Å². The van der Waals surface area contributed by atoms with Gasteiger partial charge < -0.3 is 9.47 Å². The lowest BCUT2D eigenvalue weighted by atomic mass is 10.1. The Balaban J connectivity index is 2.40. The van der Waals surface area contributed by atoms with Crippen molar-refractivity contribution < 1.29 is 9.47 Å². The largest absolute Gasteiger partial charge is 0.497 e. The van der Waals surface area contributed by atoms with Crippen LogP contribution in [0.2, 0.25) is 0 Å². The molecule has 106 valence electrons. The molecule has 0 amide bonds. The quantitative estimate of drug-likeness (QED) is 0.769. The minimum absolute atomic E-state index is 0.544. The lowest BCUT2D eigenvalue weighted by molar-refractivity contribution is 0.395. The fraction of sp³-hybridized carbons (Fsp3) is 0.312. The van der Waals surface area contributed by atoms with Gasteiger partial charge in [0.05, 0.1) is 19.9 Å². The molecular formula is C16H19NO2S. The van der Waals surface area contributed by atoms with Gasteiger partial charge in [-0.15, -0.1) is 11.8 Å². The summed E-state index contributed by atoms with van der Waals surface area (Å²) in [5, 5.41) is 0.544. The minimum Gasteiger partial charge on any atom is -0.497 e. The summed E-state index contributed by atoms with van der Waals surface area (Å²) in [6, 6.07) is 9.89. The Hall–Kier alpha value is -1.68. The first kappa shape index (κ1) is 14.7. The zero-order valence-electron chi connectivity index (χ0n) is 12.2. The van der Waals surface area contributed by atoms with Crippen LogP contribution in [0.25, 0.3) is 11.3 Å². The molecule has 0 aliphatic heterocycles. The molecule has 0 radical (unpaired) electrons. The summed E-state index contributed by atoms with van der Waals surface area (Å²) in [5.74, 6) is 1.54. The van der Waals surface area contributed by atoms with E-state index in [-0.39, 0.29) is 0 Å². The Bertz CT molecular complexity index is 584. The average Bonchev–Trinajstić information content (AvgIpc) is 2.46. The van der Waals surface area contributed by atoms with Gasteiger partial charge in [0.1, 0.15) is 11.5 Å². The second-order valence-corrected chi connectivity index (χ2v) is 6.26. The van der Waals surface area contributed by atoms with Crippen molar-refractivity contribution in [3.8, 4) is 22.8 Å². The molecule has 4 heteroatoms. The third kappa shape index (κ3) is 3.45. The van der Waals surface area contributed by atoms with Gasteiger partial charge in [-0.25, -0.2) is 0 Å². The highest BCUT2D eigenvalue weighted by molar-refractivity contribution is 7.99. The highest BCUT2D eigenvalue weighted by Gasteiger charge is 2.10. The van der Waals surface area contributed by atoms with E-state index in [2.05, 4.69) is 24.9 Å². The standard InChI is InChI=1S/C16H19NO2S/c1-11(2)20-13-7-8-17-15(10-13)14-6-5-12(18-3)9-16(14)19-4/h5-11H,1-4H3. The summed E-state index contributed by atoms with van der Waals surface area (Å²) in [4.78, 5) is 5.66. The number of ether oxygens (including phenoxy) is 2.